The summed E-state index contributed by atoms with van der Waals surface area (Å²) in [6, 6.07) is 10.9. The topological polar surface area (TPSA) is 26.7 Å². The summed E-state index contributed by atoms with van der Waals surface area (Å²) in [5, 5.41) is 9.92. The fraction of sp³-hybridized carbons (Fsp3) is 0.739. The van der Waals surface area contributed by atoms with Crippen LogP contribution in [-0.4, -0.2) is 54.2 Å². The first kappa shape index (κ1) is 18.5. The number of fused-ring (bicyclic) bond motifs is 1. The van der Waals surface area contributed by atoms with Gasteiger partial charge >= 0.3 is 0 Å². The Labute approximate surface area is 159 Å². The average molecular weight is 357 g/mol. The molecule has 4 rings (SSSR count). The van der Waals surface area contributed by atoms with E-state index in [1.165, 1.54) is 51.0 Å². The van der Waals surface area contributed by atoms with Crippen LogP contribution in [0, 0.1) is 22.2 Å². The maximum absolute atomic E-state index is 9.92. The van der Waals surface area contributed by atoms with Gasteiger partial charge in [0.1, 0.15) is 0 Å². The van der Waals surface area contributed by atoms with Crippen molar-refractivity contribution < 1.29 is 5.11 Å². The number of aliphatic hydroxyl groups is 1. The van der Waals surface area contributed by atoms with Gasteiger partial charge in [0, 0.05) is 43.6 Å². The largest absolute Gasteiger partial charge is 0.396 e. The third-order valence-electron chi connectivity index (χ3n) is 7.99. The maximum atomic E-state index is 9.92. The van der Waals surface area contributed by atoms with Crippen molar-refractivity contribution in [3.63, 3.8) is 0 Å². The van der Waals surface area contributed by atoms with Gasteiger partial charge in [-0.2, -0.15) is 0 Å². The lowest BCUT2D eigenvalue weighted by Gasteiger charge is -2.45. The lowest BCUT2D eigenvalue weighted by molar-refractivity contribution is 0.00877. The molecule has 0 aromatic heterocycles. The molecule has 3 fully saturated rings. The Morgan fingerprint density at radius 1 is 1.08 bits per heavy atom. The van der Waals surface area contributed by atoms with Gasteiger partial charge in [-0.05, 0) is 42.7 Å². The molecule has 3 atom stereocenters. The molecule has 26 heavy (non-hydrogen) atoms. The van der Waals surface area contributed by atoms with E-state index in [1.807, 2.05) is 0 Å². The fourth-order valence-electron chi connectivity index (χ4n) is 5.79. The van der Waals surface area contributed by atoms with E-state index >= 15 is 0 Å². The van der Waals surface area contributed by atoms with Crippen LogP contribution in [0.2, 0.25) is 0 Å². The summed E-state index contributed by atoms with van der Waals surface area (Å²) in [5.41, 5.74) is 2.31. The molecule has 144 valence electrons. The van der Waals surface area contributed by atoms with Crippen molar-refractivity contribution in [1.82, 2.24) is 9.80 Å². The number of hydrogen-bond acceptors (Lipinski definition) is 3. The summed E-state index contributed by atoms with van der Waals surface area (Å²) in [7, 11) is 0. The zero-order valence-corrected chi connectivity index (χ0v) is 16.9. The van der Waals surface area contributed by atoms with Crippen LogP contribution in [0.3, 0.4) is 0 Å². The molecule has 2 aliphatic heterocycles. The summed E-state index contributed by atoms with van der Waals surface area (Å²) < 4.78 is 0. The SMILES string of the molecule is CC(C)(C)C1(CN2C[C@@H]3CC[C@]3(CO)C2)CCN(Cc2ccccc2)C1. The first-order valence-corrected chi connectivity index (χ1v) is 10.5. The maximum Gasteiger partial charge on any atom is 0.0502 e. The van der Waals surface area contributed by atoms with Gasteiger partial charge in [0.25, 0.3) is 0 Å². The van der Waals surface area contributed by atoms with Crippen LogP contribution in [-0.2, 0) is 6.54 Å². The van der Waals surface area contributed by atoms with Crippen LogP contribution in [0.1, 0.15) is 45.6 Å². The molecule has 1 unspecified atom stereocenters. The molecule has 1 saturated carbocycles. The molecule has 1 N–H and O–H groups in total. The standard InChI is InChI=1S/C23H36N2O/c1-21(2,3)23(17-25-14-20-9-10-22(20,15-25)18-26)11-12-24(16-23)13-19-7-5-4-6-8-19/h4-8,20,26H,9-18H2,1-3H3/t20-,22+,23?/m0/s1. The lowest BCUT2D eigenvalue weighted by atomic mass is 9.63. The Bertz CT molecular complexity index is 621. The highest BCUT2D eigenvalue weighted by Gasteiger charge is 2.55. The van der Waals surface area contributed by atoms with Crippen molar-refractivity contribution in [1.29, 1.82) is 0 Å². The molecular weight excluding hydrogens is 320 g/mol. The van der Waals surface area contributed by atoms with Crippen LogP contribution >= 0.6 is 0 Å². The average Bonchev–Trinajstić information content (AvgIpc) is 3.10. The van der Waals surface area contributed by atoms with E-state index in [0.717, 1.165) is 19.0 Å². The zero-order chi connectivity index (χ0) is 18.4. The van der Waals surface area contributed by atoms with Gasteiger partial charge in [0.2, 0.25) is 0 Å². The van der Waals surface area contributed by atoms with Gasteiger partial charge in [-0.3, -0.25) is 4.90 Å². The van der Waals surface area contributed by atoms with Crippen molar-refractivity contribution in [3.8, 4) is 0 Å². The van der Waals surface area contributed by atoms with Crippen LogP contribution in [0.4, 0.5) is 0 Å². The van der Waals surface area contributed by atoms with E-state index in [2.05, 4.69) is 60.9 Å². The van der Waals surface area contributed by atoms with Crippen molar-refractivity contribution in [3.05, 3.63) is 35.9 Å². The lowest BCUT2D eigenvalue weighted by Crippen LogP contribution is -2.47. The first-order chi connectivity index (χ1) is 12.4. The summed E-state index contributed by atoms with van der Waals surface area (Å²) in [6.45, 7) is 14.7. The van der Waals surface area contributed by atoms with Crippen LogP contribution in [0.15, 0.2) is 30.3 Å². The zero-order valence-electron chi connectivity index (χ0n) is 16.9. The van der Waals surface area contributed by atoms with Gasteiger partial charge in [-0.1, -0.05) is 51.1 Å². The van der Waals surface area contributed by atoms with Crippen molar-refractivity contribution in [2.75, 3.05) is 39.3 Å². The van der Waals surface area contributed by atoms with Gasteiger partial charge in [-0.25, -0.2) is 0 Å². The second-order valence-electron chi connectivity index (χ2n) is 10.4. The molecule has 3 heteroatoms. The quantitative estimate of drug-likeness (QED) is 0.873. The van der Waals surface area contributed by atoms with Crippen LogP contribution < -0.4 is 0 Å². The molecule has 1 aliphatic carbocycles. The Morgan fingerprint density at radius 2 is 1.85 bits per heavy atom. The molecule has 0 bridgehead atoms. The van der Waals surface area contributed by atoms with E-state index in [0.29, 0.717) is 17.4 Å². The van der Waals surface area contributed by atoms with E-state index in [9.17, 15) is 5.11 Å². The molecule has 1 aromatic rings. The second-order valence-corrected chi connectivity index (χ2v) is 10.4. The molecule has 0 radical (unpaired) electrons. The predicted octanol–water partition coefficient (Wildman–Crippen LogP) is 3.63. The number of hydrogen-bond donors (Lipinski definition) is 1. The van der Waals surface area contributed by atoms with Gasteiger partial charge < -0.3 is 10.0 Å². The smallest absolute Gasteiger partial charge is 0.0502 e. The highest BCUT2D eigenvalue weighted by Crippen LogP contribution is 2.54. The van der Waals surface area contributed by atoms with Gasteiger partial charge in [0.05, 0.1) is 6.61 Å². The Kier molecular flexibility index (Phi) is 4.70. The van der Waals surface area contributed by atoms with E-state index in [1.54, 1.807) is 0 Å². The monoisotopic (exact) mass is 356 g/mol. The highest BCUT2D eigenvalue weighted by atomic mass is 16.3. The Morgan fingerprint density at radius 3 is 2.42 bits per heavy atom. The molecule has 0 spiro atoms. The Balaban J connectivity index is 1.46. The molecule has 2 saturated heterocycles. The molecule has 2 heterocycles. The second kappa shape index (κ2) is 6.61. The number of benzene rings is 1. The molecule has 1 aromatic carbocycles. The van der Waals surface area contributed by atoms with Crippen molar-refractivity contribution in [2.45, 2.75) is 46.6 Å². The predicted molar refractivity (Wildman–Crippen MR) is 107 cm³/mol. The van der Waals surface area contributed by atoms with Crippen molar-refractivity contribution >= 4 is 0 Å². The summed E-state index contributed by atoms with van der Waals surface area (Å²) in [6.07, 6.45) is 3.84. The van der Waals surface area contributed by atoms with Crippen LogP contribution in [0.5, 0.6) is 0 Å². The van der Waals surface area contributed by atoms with Gasteiger partial charge in [0.15, 0.2) is 0 Å². The van der Waals surface area contributed by atoms with E-state index in [-0.39, 0.29) is 5.41 Å². The normalized spacial score (nSPS) is 35.5. The van der Waals surface area contributed by atoms with Crippen molar-refractivity contribution in [2.24, 2.45) is 22.2 Å². The molecule has 0 amide bonds. The first-order valence-electron chi connectivity index (χ1n) is 10.5. The summed E-state index contributed by atoms with van der Waals surface area (Å²) in [5.74, 6) is 0.742. The molecule has 3 aliphatic rings. The van der Waals surface area contributed by atoms with Crippen LogP contribution in [0.25, 0.3) is 0 Å². The third-order valence-corrected chi connectivity index (χ3v) is 7.99. The molecule has 3 nitrogen and oxygen atoms in total. The summed E-state index contributed by atoms with van der Waals surface area (Å²) in [4.78, 5) is 5.36. The van der Waals surface area contributed by atoms with E-state index < -0.39 is 0 Å². The number of nitrogens with zero attached hydrogens (tertiary/aromatic N) is 2. The fourth-order valence-corrected chi connectivity index (χ4v) is 5.79. The highest BCUT2D eigenvalue weighted by molar-refractivity contribution is 5.15. The van der Waals surface area contributed by atoms with E-state index in [4.69, 9.17) is 0 Å². The summed E-state index contributed by atoms with van der Waals surface area (Å²) >= 11 is 0. The Hall–Kier alpha value is -0.900. The van der Waals surface area contributed by atoms with Gasteiger partial charge in [-0.15, -0.1) is 0 Å². The number of rotatable bonds is 5. The minimum absolute atomic E-state index is 0.238. The number of aliphatic hydroxyl groups excluding tert-OH is 1. The number of likely N-dealkylation sites (tertiary alicyclic amines) is 2. The minimum atomic E-state index is 0.238. The third kappa shape index (κ3) is 3.12. The minimum Gasteiger partial charge on any atom is -0.396 e. The molecular formula is C23H36N2O.